The molecular formula is C14H18BrN3. The summed E-state index contributed by atoms with van der Waals surface area (Å²) >= 11 is 3.54. The molecule has 18 heavy (non-hydrogen) atoms. The van der Waals surface area contributed by atoms with E-state index in [1.807, 2.05) is 19.3 Å². The lowest BCUT2D eigenvalue weighted by molar-refractivity contribution is 0.594. The predicted octanol–water partition coefficient (Wildman–Crippen LogP) is 3.61. The first-order valence-corrected chi connectivity index (χ1v) is 6.96. The van der Waals surface area contributed by atoms with Gasteiger partial charge in [-0.3, -0.25) is 0 Å². The van der Waals surface area contributed by atoms with Crippen LogP contribution in [0.5, 0.6) is 0 Å². The lowest BCUT2D eigenvalue weighted by Crippen LogP contribution is -2.19. The Bertz CT molecular complexity index is 534. The number of nitrogens with zero attached hydrogens (tertiary/aromatic N) is 2. The molecule has 1 atom stereocenters. The number of benzene rings is 1. The highest BCUT2D eigenvalue weighted by molar-refractivity contribution is 9.10. The highest BCUT2D eigenvalue weighted by Gasteiger charge is 2.12. The van der Waals surface area contributed by atoms with E-state index < -0.39 is 0 Å². The van der Waals surface area contributed by atoms with Crippen LogP contribution in [0.25, 0.3) is 5.69 Å². The van der Waals surface area contributed by atoms with Gasteiger partial charge in [0.15, 0.2) is 0 Å². The summed E-state index contributed by atoms with van der Waals surface area (Å²) in [6, 6.07) is 6.67. The van der Waals surface area contributed by atoms with E-state index in [0.29, 0.717) is 6.04 Å². The smallest absolute Gasteiger partial charge is 0.110 e. The molecule has 0 aliphatic heterocycles. The molecular weight excluding hydrogens is 290 g/mol. The van der Waals surface area contributed by atoms with E-state index in [4.69, 9.17) is 0 Å². The lowest BCUT2D eigenvalue weighted by atomic mass is 10.1. The van der Waals surface area contributed by atoms with E-state index in [-0.39, 0.29) is 0 Å². The van der Waals surface area contributed by atoms with Gasteiger partial charge in [-0.25, -0.2) is 4.98 Å². The van der Waals surface area contributed by atoms with Crippen molar-refractivity contribution >= 4 is 15.9 Å². The van der Waals surface area contributed by atoms with Gasteiger partial charge in [-0.1, -0.05) is 22.9 Å². The first-order chi connectivity index (χ1) is 8.63. The van der Waals surface area contributed by atoms with Gasteiger partial charge < -0.3 is 9.88 Å². The topological polar surface area (TPSA) is 29.9 Å². The summed E-state index contributed by atoms with van der Waals surface area (Å²) in [5, 5.41) is 3.46. The minimum atomic E-state index is 0.310. The average molecular weight is 308 g/mol. The Hall–Kier alpha value is -1.13. The Morgan fingerprint density at radius 1 is 1.44 bits per heavy atom. The van der Waals surface area contributed by atoms with Gasteiger partial charge in [0.05, 0.1) is 5.69 Å². The van der Waals surface area contributed by atoms with Gasteiger partial charge in [-0.05, 0) is 44.2 Å². The van der Waals surface area contributed by atoms with Crippen LogP contribution >= 0.6 is 15.9 Å². The molecule has 3 nitrogen and oxygen atoms in total. The highest BCUT2D eigenvalue weighted by atomic mass is 79.9. The minimum absolute atomic E-state index is 0.310. The largest absolute Gasteiger partial charge is 0.310 e. The molecule has 0 saturated heterocycles. The fourth-order valence-corrected chi connectivity index (χ4v) is 2.52. The molecule has 0 aliphatic rings. The predicted molar refractivity (Wildman–Crippen MR) is 78.1 cm³/mol. The van der Waals surface area contributed by atoms with E-state index in [2.05, 4.69) is 62.8 Å². The van der Waals surface area contributed by atoms with Crippen LogP contribution in [0.3, 0.4) is 0 Å². The number of imidazole rings is 1. The summed E-state index contributed by atoms with van der Waals surface area (Å²) < 4.78 is 3.22. The number of nitrogens with one attached hydrogen (secondary N) is 1. The third-order valence-corrected chi connectivity index (χ3v) is 3.54. The quantitative estimate of drug-likeness (QED) is 0.935. The zero-order valence-corrected chi connectivity index (χ0v) is 12.5. The molecule has 0 bridgehead atoms. The van der Waals surface area contributed by atoms with Crippen LogP contribution in [0.4, 0.5) is 0 Å². The summed E-state index contributed by atoms with van der Waals surface area (Å²) in [5.41, 5.74) is 2.45. The average Bonchev–Trinajstić information content (AvgIpc) is 2.76. The van der Waals surface area contributed by atoms with Crippen LogP contribution in [0.1, 0.15) is 31.3 Å². The molecule has 1 aromatic heterocycles. The summed E-state index contributed by atoms with van der Waals surface area (Å²) in [6.45, 7) is 7.28. The molecule has 1 aromatic carbocycles. The molecule has 1 N–H and O–H groups in total. The maximum atomic E-state index is 4.29. The second kappa shape index (κ2) is 5.67. The Morgan fingerprint density at radius 2 is 2.22 bits per heavy atom. The molecule has 0 saturated carbocycles. The van der Waals surface area contributed by atoms with Crippen LogP contribution in [0, 0.1) is 6.92 Å². The Kier molecular flexibility index (Phi) is 4.19. The number of hydrogen-bond acceptors (Lipinski definition) is 2. The molecule has 0 amide bonds. The van der Waals surface area contributed by atoms with Gasteiger partial charge in [0.2, 0.25) is 0 Å². The molecule has 0 fully saturated rings. The van der Waals surface area contributed by atoms with Gasteiger partial charge >= 0.3 is 0 Å². The normalized spacial score (nSPS) is 12.7. The van der Waals surface area contributed by atoms with Crippen molar-refractivity contribution in [2.24, 2.45) is 0 Å². The number of aromatic nitrogens is 2. The number of rotatable bonds is 4. The van der Waals surface area contributed by atoms with Crippen molar-refractivity contribution in [2.45, 2.75) is 26.8 Å². The molecule has 2 aromatic rings. The zero-order valence-electron chi connectivity index (χ0n) is 10.9. The van der Waals surface area contributed by atoms with Gasteiger partial charge in [-0.15, -0.1) is 0 Å². The van der Waals surface area contributed by atoms with Gasteiger partial charge in [0, 0.05) is 22.9 Å². The summed E-state index contributed by atoms with van der Waals surface area (Å²) in [5.74, 6) is 1.00. The molecule has 0 spiro atoms. The van der Waals surface area contributed by atoms with Gasteiger partial charge in [0.1, 0.15) is 5.82 Å². The lowest BCUT2D eigenvalue weighted by Gasteiger charge is -2.19. The summed E-state index contributed by atoms with van der Waals surface area (Å²) in [4.78, 5) is 4.29. The molecule has 0 aliphatic carbocycles. The SMILES string of the molecule is CCNC(C)c1cc(Br)ccc1-n1ccnc1C. The molecule has 0 radical (unpaired) electrons. The van der Waals surface area contributed by atoms with E-state index in [0.717, 1.165) is 16.8 Å². The molecule has 4 heteroatoms. The second-order valence-corrected chi connectivity index (χ2v) is 5.24. The summed E-state index contributed by atoms with van der Waals surface area (Å²) in [7, 11) is 0. The standard InChI is InChI=1S/C14H18BrN3/c1-4-16-10(2)13-9-12(15)5-6-14(13)18-8-7-17-11(18)3/h5-10,16H,4H2,1-3H3. The van der Waals surface area contributed by atoms with Crippen LogP contribution in [0.15, 0.2) is 35.1 Å². The van der Waals surface area contributed by atoms with E-state index in [1.165, 1.54) is 11.3 Å². The zero-order chi connectivity index (χ0) is 13.1. The maximum Gasteiger partial charge on any atom is 0.110 e. The van der Waals surface area contributed by atoms with Gasteiger partial charge in [0.25, 0.3) is 0 Å². The van der Waals surface area contributed by atoms with Crippen molar-refractivity contribution in [2.75, 3.05) is 6.54 Å². The number of hydrogen-bond donors (Lipinski definition) is 1. The number of halogens is 1. The third kappa shape index (κ3) is 2.65. The fraction of sp³-hybridized carbons (Fsp3) is 0.357. The van der Waals surface area contributed by atoms with E-state index in [1.54, 1.807) is 0 Å². The highest BCUT2D eigenvalue weighted by Crippen LogP contribution is 2.26. The monoisotopic (exact) mass is 307 g/mol. The van der Waals surface area contributed by atoms with Gasteiger partial charge in [-0.2, -0.15) is 0 Å². The molecule has 1 unspecified atom stereocenters. The van der Waals surface area contributed by atoms with Crippen molar-refractivity contribution in [3.05, 3.63) is 46.5 Å². The number of aryl methyl sites for hydroxylation is 1. The first-order valence-electron chi connectivity index (χ1n) is 6.16. The van der Waals surface area contributed by atoms with Crippen molar-refractivity contribution in [1.29, 1.82) is 0 Å². The first kappa shape index (κ1) is 13.3. The Morgan fingerprint density at radius 3 is 2.83 bits per heavy atom. The van der Waals surface area contributed by atoms with E-state index in [9.17, 15) is 0 Å². The van der Waals surface area contributed by atoms with Crippen molar-refractivity contribution in [3.63, 3.8) is 0 Å². The van der Waals surface area contributed by atoms with Crippen LogP contribution in [-0.4, -0.2) is 16.1 Å². The molecule has 96 valence electrons. The second-order valence-electron chi connectivity index (χ2n) is 4.33. The summed E-state index contributed by atoms with van der Waals surface area (Å²) in [6.07, 6.45) is 3.83. The van der Waals surface area contributed by atoms with Crippen LogP contribution in [-0.2, 0) is 0 Å². The van der Waals surface area contributed by atoms with Crippen molar-refractivity contribution < 1.29 is 0 Å². The Labute approximate surface area is 116 Å². The minimum Gasteiger partial charge on any atom is -0.310 e. The molecule has 2 rings (SSSR count). The van der Waals surface area contributed by atoms with Crippen LogP contribution < -0.4 is 5.32 Å². The van der Waals surface area contributed by atoms with Crippen molar-refractivity contribution in [3.8, 4) is 5.69 Å². The van der Waals surface area contributed by atoms with E-state index >= 15 is 0 Å². The van der Waals surface area contributed by atoms with Crippen LogP contribution in [0.2, 0.25) is 0 Å². The molecule has 1 heterocycles. The fourth-order valence-electron chi connectivity index (χ4n) is 2.14. The maximum absolute atomic E-state index is 4.29. The third-order valence-electron chi connectivity index (χ3n) is 3.05. The Balaban J connectivity index is 2.50. The van der Waals surface area contributed by atoms with Crippen molar-refractivity contribution in [1.82, 2.24) is 14.9 Å².